The van der Waals surface area contributed by atoms with Crippen LogP contribution in [-0.4, -0.2) is 34.4 Å². The normalized spacial score (nSPS) is 13.7. The van der Waals surface area contributed by atoms with Crippen LogP contribution in [0.3, 0.4) is 0 Å². The van der Waals surface area contributed by atoms with Gasteiger partial charge in [-0.15, -0.1) is 0 Å². The Hall–Kier alpha value is -2.89. The molecular formula is C20H23N3O3. The summed E-state index contributed by atoms with van der Waals surface area (Å²) in [6.07, 6.45) is 3.51. The van der Waals surface area contributed by atoms with E-state index in [1.165, 1.54) is 16.8 Å². The highest BCUT2D eigenvalue weighted by molar-refractivity contribution is 6.05. The first-order valence-electron chi connectivity index (χ1n) is 8.75. The Bertz CT molecular complexity index is 904. The van der Waals surface area contributed by atoms with Gasteiger partial charge < -0.3 is 14.8 Å². The second kappa shape index (κ2) is 7.15. The van der Waals surface area contributed by atoms with Crippen LogP contribution in [-0.2, 0) is 7.05 Å². The van der Waals surface area contributed by atoms with Crippen molar-refractivity contribution >= 4 is 17.5 Å². The van der Waals surface area contributed by atoms with Gasteiger partial charge in [-0.1, -0.05) is 17.2 Å². The minimum atomic E-state index is -0.361. The van der Waals surface area contributed by atoms with Crippen molar-refractivity contribution in [3.63, 3.8) is 0 Å². The van der Waals surface area contributed by atoms with E-state index in [9.17, 15) is 14.4 Å². The maximum Gasteiger partial charge on any atom is 0.274 e. The molecule has 6 heteroatoms. The predicted molar refractivity (Wildman–Crippen MR) is 101 cm³/mol. The number of nitrogens with zero attached hydrogens (tertiary/aromatic N) is 2. The van der Waals surface area contributed by atoms with Crippen LogP contribution in [0, 0.1) is 13.8 Å². The van der Waals surface area contributed by atoms with Gasteiger partial charge in [0.2, 0.25) is 0 Å². The van der Waals surface area contributed by atoms with E-state index in [-0.39, 0.29) is 23.1 Å². The average Bonchev–Trinajstić information content (AvgIpc) is 3.11. The van der Waals surface area contributed by atoms with E-state index in [1.807, 2.05) is 19.9 Å². The second-order valence-corrected chi connectivity index (χ2v) is 6.89. The van der Waals surface area contributed by atoms with Gasteiger partial charge in [-0.2, -0.15) is 0 Å². The second-order valence-electron chi connectivity index (χ2n) is 6.89. The van der Waals surface area contributed by atoms with Crippen molar-refractivity contribution in [2.75, 3.05) is 18.4 Å². The quantitative estimate of drug-likeness (QED) is 0.921. The Balaban J connectivity index is 1.90. The molecule has 1 N–H and O–H groups in total. The summed E-state index contributed by atoms with van der Waals surface area (Å²) in [4.78, 5) is 39.3. The smallest absolute Gasteiger partial charge is 0.274 e. The molecule has 0 unspecified atom stereocenters. The SMILES string of the molecule is Cc1cc(C)cc(C(=O)Nc2cc(C(=O)N3CCCC3)cn(C)c2=O)c1. The van der Waals surface area contributed by atoms with Crippen LogP contribution in [0.5, 0.6) is 0 Å². The Labute approximate surface area is 152 Å². The Morgan fingerprint density at radius 2 is 1.58 bits per heavy atom. The molecule has 2 amide bonds. The molecule has 0 spiro atoms. The summed E-state index contributed by atoms with van der Waals surface area (Å²) in [7, 11) is 1.58. The molecule has 2 heterocycles. The van der Waals surface area contributed by atoms with E-state index in [2.05, 4.69) is 5.32 Å². The molecule has 1 aliphatic rings. The van der Waals surface area contributed by atoms with Gasteiger partial charge in [0.1, 0.15) is 5.69 Å². The van der Waals surface area contributed by atoms with Crippen LogP contribution in [0.4, 0.5) is 5.69 Å². The maximum atomic E-state index is 12.6. The molecule has 1 fully saturated rings. The first-order valence-corrected chi connectivity index (χ1v) is 8.75. The summed E-state index contributed by atoms with van der Waals surface area (Å²) in [6, 6.07) is 6.99. The van der Waals surface area contributed by atoms with E-state index in [4.69, 9.17) is 0 Å². The highest BCUT2D eigenvalue weighted by Gasteiger charge is 2.21. The highest BCUT2D eigenvalue weighted by Crippen LogP contribution is 2.15. The highest BCUT2D eigenvalue weighted by atomic mass is 16.2. The number of aromatic nitrogens is 1. The van der Waals surface area contributed by atoms with Gasteiger partial charge >= 0.3 is 0 Å². The minimum Gasteiger partial charge on any atom is -0.339 e. The number of rotatable bonds is 3. The lowest BCUT2D eigenvalue weighted by molar-refractivity contribution is 0.0791. The Morgan fingerprint density at radius 3 is 2.19 bits per heavy atom. The zero-order valence-electron chi connectivity index (χ0n) is 15.3. The number of hydrogen-bond donors (Lipinski definition) is 1. The fourth-order valence-electron chi connectivity index (χ4n) is 3.32. The standard InChI is InChI=1S/C20H23N3O3/c1-13-8-14(2)10-15(9-13)18(24)21-17-11-16(12-22(3)20(17)26)19(25)23-6-4-5-7-23/h8-12H,4-7H2,1-3H3,(H,21,24). The summed E-state index contributed by atoms with van der Waals surface area (Å²) in [6.45, 7) is 5.29. The maximum absolute atomic E-state index is 12.6. The molecule has 0 aliphatic carbocycles. The van der Waals surface area contributed by atoms with Crippen LogP contribution >= 0.6 is 0 Å². The molecule has 0 atom stereocenters. The van der Waals surface area contributed by atoms with Crippen molar-refractivity contribution in [1.82, 2.24) is 9.47 Å². The molecule has 1 aliphatic heterocycles. The lowest BCUT2D eigenvalue weighted by Gasteiger charge is -2.16. The fourth-order valence-corrected chi connectivity index (χ4v) is 3.32. The average molecular weight is 353 g/mol. The van der Waals surface area contributed by atoms with Crippen LogP contribution in [0.25, 0.3) is 0 Å². The van der Waals surface area contributed by atoms with Crippen LogP contribution < -0.4 is 10.9 Å². The first-order chi connectivity index (χ1) is 12.3. The number of pyridine rings is 1. The molecule has 0 saturated carbocycles. The number of benzene rings is 1. The van der Waals surface area contributed by atoms with Crippen molar-refractivity contribution in [2.45, 2.75) is 26.7 Å². The van der Waals surface area contributed by atoms with Gasteiger partial charge in [-0.25, -0.2) is 0 Å². The van der Waals surface area contributed by atoms with Gasteiger partial charge in [0.05, 0.1) is 5.56 Å². The lowest BCUT2D eigenvalue weighted by atomic mass is 10.1. The zero-order valence-corrected chi connectivity index (χ0v) is 15.3. The molecular weight excluding hydrogens is 330 g/mol. The molecule has 1 aromatic heterocycles. The van der Waals surface area contributed by atoms with Gasteiger partial charge in [0.15, 0.2) is 0 Å². The van der Waals surface area contributed by atoms with E-state index in [1.54, 1.807) is 24.1 Å². The third kappa shape index (κ3) is 3.69. The van der Waals surface area contributed by atoms with Crippen molar-refractivity contribution in [1.29, 1.82) is 0 Å². The molecule has 1 saturated heterocycles. The van der Waals surface area contributed by atoms with Crippen LogP contribution in [0.2, 0.25) is 0 Å². The number of hydrogen-bond acceptors (Lipinski definition) is 3. The molecule has 1 aromatic carbocycles. The topological polar surface area (TPSA) is 71.4 Å². The van der Waals surface area contributed by atoms with Crippen molar-refractivity contribution in [3.05, 3.63) is 63.1 Å². The molecule has 2 aromatic rings. The van der Waals surface area contributed by atoms with Crippen LogP contribution in [0.1, 0.15) is 44.7 Å². The van der Waals surface area contributed by atoms with E-state index in [0.29, 0.717) is 11.1 Å². The summed E-state index contributed by atoms with van der Waals surface area (Å²) >= 11 is 0. The third-order valence-electron chi connectivity index (χ3n) is 4.56. The third-order valence-corrected chi connectivity index (χ3v) is 4.56. The van der Waals surface area contributed by atoms with Crippen molar-refractivity contribution in [3.8, 4) is 0 Å². The van der Waals surface area contributed by atoms with Gasteiger partial charge in [-0.05, 0) is 44.9 Å². The summed E-state index contributed by atoms with van der Waals surface area (Å²) in [5, 5.41) is 2.66. The van der Waals surface area contributed by atoms with E-state index >= 15 is 0 Å². The van der Waals surface area contributed by atoms with Gasteiger partial charge in [-0.3, -0.25) is 14.4 Å². The Morgan fingerprint density at radius 1 is 0.962 bits per heavy atom. The largest absolute Gasteiger partial charge is 0.339 e. The predicted octanol–water partition coefficient (Wildman–Crippen LogP) is 2.49. The minimum absolute atomic E-state index is 0.111. The van der Waals surface area contributed by atoms with Crippen LogP contribution in [0.15, 0.2) is 35.3 Å². The number of nitrogens with one attached hydrogen (secondary N) is 1. The number of aryl methyl sites for hydroxylation is 3. The number of carbonyl (C=O) groups excluding carboxylic acids is 2. The van der Waals surface area contributed by atoms with E-state index < -0.39 is 0 Å². The summed E-state index contributed by atoms with van der Waals surface area (Å²) < 4.78 is 1.33. The molecule has 26 heavy (non-hydrogen) atoms. The number of anilines is 1. The number of likely N-dealkylation sites (tertiary alicyclic amines) is 1. The monoisotopic (exact) mass is 353 g/mol. The fraction of sp³-hybridized carbons (Fsp3) is 0.350. The van der Waals surface area contributed by atoms with Crippen molar-refractivity contribution in [2.24, 2.45) is 7.05 Å². The van der Waals surface area contributed by atoms with Crippen molar-refractivity contribution < 1.29 is 9.59 Å². The summed E-state index contributed by atoms with van der Waals surface area (Å²) in [5.41, 5.74) is 2.61. The number of amides is 2. The van der Waals surface area contributed by atoms with E-state index in [0.717, 1.165) is 37.1 Å². The molecule has 6 nitrogen and oxygen atoms in total. The zero-order chi connectivity index (χ0) is 18.8. The Kier molecular flexibility index (Phi) is 4.93. The molecule has 3 rings (SSSR count). The molecule has 0 bridgehead atoms. The van der Waals surface area contributed by atoms with Gasteiger partial charge in [0.25, 0.3) is 17.4 Å². The number of carbonyl (C=O) groups is 2. The first kappa shape index (κ1) is 17.9. The van der Waals surface area contributed by atoms with Gasteiger partial charge in [0, 0.05) is 31.9 Å². The summed E-state index contributed by atoms with van der Waals surface area (Å²) in [5.74, 6) is -0.473. The lowest BCUT2D eigenvalue weighted by Crippen LogP contribution is -2.30. The molecule has 136 valence electrons. The molecule has 0 radical (unpaired) electrons.